The molecule has 10 heteroatoms. The summed E-state index contributed by atoms with van der Waals surface area (Å²) >= 11 is 6.36. The first-order valence-corrected chi connectivity index (χ1v) is 11.5. The van der Waals surface area contributed by atoms with Crippen LogP contribution in [0, 0.1) is 0 Å². The van der Waals surface area contributed by atoms with Crippen molar-refractivity contribution < 1.29 is 9.53 Å². The third-order valence-corrected chi connectivity index (χ3v) is 5.40. The van der Waals surface area contributed by atoms with E-state index in [0.29, 0.717) is 40.8 Å². The molecule has 0 aliphatic rings. The quantitative estimate of drug-likeness (QED) is 0.384. The summed E-state index contributed by atoms with van der Waals surface area (Å²) in [4.78, 5) is 33.9. The highest BCUT2D eigenvalue weighted by atomic mass is 35.5. The molecule has 0 bridgehead atoms. The number of nitrogens with one attached hydrogen (secondary N) is 1. The Labute approximate surface area is 207 Å². The monoisotopic (exact) mass is 492 g/mol. The number of benzene rings is 1. The summed E-state index contributed by atoms with van der Waals surface area (Å²) in [6, 6.07) is 12.5. The molecule has 0 atom stereocenters. The molecule has 3 aromatic heterocycles. The van der Waals surface area contributed by atoms with E-state index in [1.165, 1.54) is 10.8 Å². The Morgan fingerprint density at radius 1 is 1.06 bits per heavy atom. The van der Waals surface area contributed by atoms with Crippen LogP contribution in [-0.2, 0) is 17.8 Å². The molecule has 0 aliphatic carbocycles. The molecule has 1 N–H and O–H groups in total. The van der Waals surface area contributed by atoms with Gasteiger partial charge in [0.05, 0.1) is 16.8 Å². The zero-order valence-corrected chi connectivity index (χ0v) is 20.1. The first-order valence-electron chi connectivity index (χ1n) is 11.1. The predicted molar refractivity (Wildman–Crippen MR) is 133 cm³/mol. The van der Waals surface area contributed by atoms with E-state index in [0.717, 1.165) is 10.2 Å². The van der Waals surface area contributed by atoms with Crippen LogP contribution in [0.4, 0.5) is 0 Å². The molecular formula is C25H25ClN6O3. The van der Waals surface area contributed by atoms with E-state index in [1.54, 1.807) is 48.9 Å². The van der Waals surface area contributed by atoms with Gasteiger partial charge in [0, 0.05) is 36.9 Å². The van der Waals surface area contributed by atoms with Gasteiger partial charge in [-0.2, -0.15) is 0 Å². The zero-order chi connectivity index (χ0) is 24.8. The van der Waals surface area contributed by atoms with Gasteiger partial charge >= 0.3 is 5.69 Å². The molecule has 0 radical (unpaired) electrons. The van der Waals surface area contributed by atoms with Crippen molar-refractivity contribution in [2.24, 2.45) is 0 Å². The number of hydrogen-bond donors (Lipinski definition) is 1. The Morgan fingerprint density at radius 3 is 2.46 bits per heavy atom. The van der Waals surface area contributed by atoms with Gasteiger partial charge in [0.2, 0.25) is 5.91 Å². The van der Waals surface area contributed by atoms with Gasteiger partial charge in [0.15, 0.2) is 5.82 Å². The highest BCUT2D eigenvalue weighted by Gasteiger charge is 2.20. The number of carbonyl (C=O) groups is 1. The molecule has 35 heavy (non-hydrogen) atoms. The van der Waals surface area contributed by atoms with Crippen molar-refractivity contribution in [1.29, 1.82) is 0 Å². The van der Waals surface area contributed by atoms with Crippen LogP contribution in [0.1, 0.15) is 19.4 Å². The van der Waals surface area contributed by atoms with Crippen molar-refractivity contribution in [2.75, 3.05) is 6.54 Å². The molecule has 0 aliphatic heterocycles. The number of amides is 1. The summed E-state index contributed by atoms with van der Waals surface area (Å²) in [6.07, 6.45) is 7.14. The molecule has 4 rings (SSSR count). The first kappa shape index (κ1) is 24.2. The second-order valence-electron chi connectivity index (χ2n) is 8.07. The SMILES string of the molecule is CC(C)Oc1ccc(-n2c(-c3ccncc3Cl)nn(CC(=O)NCCc3ccncc3)c2=O)cc1. The fraction of sp³-hybridized carbons (Fsp3) is 0.240. The third-order valence-electron chi connectivity index (χ3n) is 5.10. The molecule has 0 unspecified atom stereocenters. The largest absolute Gasteiger partial charge is 0.491 e. The number of rotatable bonds is 9. The van der Waals surface area contributed by atoms with Crippen LogP contribution in [0.15, 0.2) is 72.0 Å². The number of halogens is 1. The summed E-state index contributed by atoms with van der Waals surface area (Å²) in [5, 5.41) is 7.62. The smallest absolute Gasteiger partial charge is 0.351 e. The van der Waals surface area contributed by atoms with Gasteiger partial charge in [0.1, 0.15) is 12.3 Å². The molecule has 0 saturated heterocycles. The summed E-state index contributed by atoms with van der Waals surface area (Å²) in [5.41, 5.74) is 1.69. The Bertz CT molecular complexity index is 1350. The molecule has 1 aromatic carbocycles. The minimum Gasteiger partial charge on any atom is -0.491 e. The standard InChI is InChI=1S/C25H25ClN6O3/c1-17(2)35-20-5-3-19(4-6-20)32-24(21-10-13-28-15-22(21)26)30-31(25(32)34)16-23(33)29-14-9-18-7-11-27-12-8-18/h3-8,10-13,15,17H,9,14,16H2,1-2H3,(H,29,33). The Balaban J connectivity index is 1.60. The van der Waals surface area contributed by atoms with Crippen molar-refractivity contribution in [2.45, 2.75) is 32.9 Å². The summed E-state index contributed by atoms with van der Waals surface area (Å²) in [7, 11) is 0. The molecule has 3 heterocycles. The first-order chi connectivity index (χ1) is 16.9. The van der Waals surface area contributed by atoms with Gasteiger partial charge in [-0.3, -0.25) is 14.8 Å². The lowest BCUT2D eigenvalue weighted by Gasteiger charge is -2.11. The van der Waals surface area contributed by atoms with Crippen molar-refractivity contribution in [3.05, 3.63) is 88.3 Å². The van der Waals surface area contributed by atoms with Crippen molar-refractivity contribution in [3.63, 3.8) is 0 Å². The van der Waals surface area contributed by atoms with Crippen LogP contribution in [-0.4, -0.2) is 42.9 Å². The normalized spacial score (nSPS) is 11.0. The van der Waals surface area contributed by atoms with E-state index >= 15 is 0 Å². The van der Waals surface area contributed by atoms with Crippen molar-refractivity contribution in [3.8, 4) is 22.8 Å². The lowest BCUT2D eigenvalue weighted by atomic mass is 10.2. The van der Waals surface area contributed by atoms with Gasteiger partial charge in [-0.05, 0) is 68.3 Å². The lowest BCUT2D eigenvalue weighted by molar-refractivity contribution is -0.121. The average molecular weight is 493 g/mol. The van der Waals surface area contributed by atoms with E-state index in [4.69, 9.17) is 16.3 Å². The fourth-order valence-electron chi connectivity index (χ4n) is 3.51. The maximum atomic E-state index is 13.4. The third kappa shape index (κ3) is 5.93. The minimum atomic E-state index is -0.463. The Kier molecular flexibility index (Phi) is 7.57. The van der Waals surface area contributed by atoms with E-state index in [2.05, 4.69) is 20.4 Å². The molecule has 9 nitrogen and oxygen atoms in total. The number of pyridine rings is 2. The predicted octanol–water partition coefficient (Wildman–Crippen LogP) is 3.29. The highest BCUT2D eigenvalue weighted by molar-refractivity contribution is 6.33. The van der Waals surface area contributed by atoms with Crippen LogP contribution in [0.3, 0.4) is 0 Å². The van der Waals surface area contributed by atoms with E-state index in [9.17, 15) is 9.59 Å². The molecule has 180 valence electrons. The van der Waals surface area contributed by atoms with Gasteiger partial charge in [0.25, 0.3) is 0 Å². The number of aromatic nitrogens is 5. The Morgan fingerprint density at radius 2 is 1.77 bits per heavy atom. The average Bonchev–Trinajstić information content (AvgIpc) is 3.15. The van der Waals surface area contributed by atoms with Gasteiger partial charge in [-0.1, -0.05) is 11.6 Å². The molecule has 0 saturated carbocycles. The van der Waals surface area contributed by atoms with E-state index < -0.39 is 5.69 Å². The zero-order valence-electron chi connectivity index (χ0n) is 19.4. The van der Waals surface area contributed by atoms with Gasteiger partial charge in [-0.15, -0.1) is 5.10 Å². The molecular weight excluding hydrogens is 468 g/mol. The van der Waals surface area contributed by atoms with Crippen molar-refractivity contribution >= 4 is 17.5 Å². The molecule has 1 amide bonds. The highest BCUT2D eigenvalue weighted by Crippen LogP contribution is 2.27. The summed E-state index contributed by atoms with van der Waals surface area (Å²) in [6.45, 7) is 4.08. The molecule has 0 fully saturated rings. The maximum absolute atomic E-state index is 13.4. The lowest BCUT2D eigenvalue weighted by Crippen LogP contribution is -2.34. The van der Waals surface area contributed by atoms with Crippen LogP contribution in [0.25, 0.3) is 17.1 Å². The van der Waals surface area contributed by atoms with E-state index in [-0.39, 0.29) is 18.6 Å². The van der Waals surface area contributed by atoms with Crippen LogP contribution < -0.4 is 15.7 Å². The number of hydrogen-bond acceptors (Lipinski definition) is 6. The maximum Gasteiger partial charge on any atom is 0.351 e. The number of nitrogens with zero attached hydrogens (tertiary/aromatic N) is 5. The summed E-state index contributed by atoms with van der Waals surface area (Å²) < 4.78 is 8.26. The van der Waals surface area contributed by atoms with Crippen LogP contribution in [0.5, 0.6) is 5.75 Å². The fourth-order valence-corrected chi connectivity index (χ4v) is 3.71. The molecule has 0 spiro atoms. The number of carbonyl (C=O) groups excluding carboxylic acids is 1. The van der Waals surface area contributed by atoms with Gasteiger partial charge in [-0.25, -0.2) is 14.0 Å². The van der Waals surface area contributed by atoms with Crippen LogP contribution in [0.2, 0.25) is 5.02 Å². The van der Waals surface area contributed by atoms with Crippen LogP contribution >= 0.6 is 11.6 Å². The minimum absolute atomic E-state index is 0.0228. The Hall–Kier alpha value is -3.98. The second kappa shape index (κ2) is 11.0. The topological polar surface area (TPSA) is 104 Å². The van der Waals surface area contributed by atoms with Gasteiger partial charge < -0.3 is 10.1 Å². The summed E-state index contributed by atoms with van der Waals surface area (Å²) in [5.74, 6) is 0.671. The number of ether oxygens (including phenoxy) is 1. The van der Waals surface area contributed by atoms with Crippen molar-refractivity contribution in [1.82, 2.24) is 29.6 Å². The molecule has 4 aromatic rings. The second-order valence-corrected chi connectivity index (χ2v) is 8.48. The van der Waals surface area contributed by atoms with E-state index in [1.807, 2.05) is 26.0 Å².